The largest absolute Gasteiger partial charge is 0.462 e. The van der Waals surface area contributed by atoms with Gasteiger partial charge in [0.15, 0.2) is 0 Å². The van der Waals surface area contributed by atoms with Crippen LogP contribution >= 0.6 is 11.6 Å². The van der Waals surface area contributed by atoms with Gasteiger partial charge in [0.2, 0.25) is 0 Å². The molecule has 0 aliphatic carbocycles. The molecule has 0 aromatic heterocycles. The lowest BCUT2D eigenvalue weighted by molar-refractivity contribution is 0.0526. The maximum atomic E-state index is 11.5. The van der Waals surface area contributed by atoms with Crippen LogP contribution in [0.15, 0.2) is 18.2 Å². The number of anilines is 1. The van der Waals surface area contributed by atoms with Crippen LogP contribution in [0.1, 0.15) is 23.7 Å². The van der Waals surface area contributed by atoms with E-state index in [2.05, 4.69) is 0 Å². The average molecular weight is 270 g/mol. The zero-order valence-electron chi connectivity index (χ0n) is 10.2. The Balaban J connectivity index is 2.17. The van der Waals surface area contributed by atoms with Crippen LogP contribution in [-0.2, 0) is 4.74 Å². The summed E-state index contributed by atoms with van der Waals surface area (Å²) in [5.74, 6) is -0.368. The quantitative estimate of drug-likeness (QED) is 0.854. The molecule has 1 saturated heterocycles. The molecule has 0 amide bonds. The zero-order chi connectivity index (χ0) is 13.1. The molecular weight excluding hydrogens is 254 g/mol. The number of esters is 1. The van der Waals surface area contributed by atoms with Crippen molar-refractivity contribution in [3.8, 4) is 0 Å². The first-order chi connectivity index (χ1) is 8.61. The summed E-state index contributed by atoms with van der Waals surface area (Å²) in [7, 11) is 0. The molecule has 1 N–H and O–H groups in total. The Morgan fingerprint density at radius 1 is 1.61 bits per heavy atom. The van der Waals surface area contributed by atoms with Crippen LogP contribution in [0.2, 0.25) is 5.02 Å². The monoisotopic (exact) mass is 269 g/mol. The van der Waals surface area contributed by atoms with Gasteiger partial charge in [-0.05, 0) is 31.5 Å². The molecule has 1 fully saturated rings. The van der Waals surface area contributed by atoms with Crippen molar-refractivity contribution >= 4 is 23.3 Å². The fourth-order valence-electron chi connectivity index (χ4n) is 2.07. The molecule has 0 saturated carbocycles. The Morgan fingerprint density at radius 2 is 2.39 bits per heavy atom. The number of carbonyl (C=O) groups is 1. The number of β-amino-alcohol motifs (C(OH)–C–C–N with tert-alkyl or cyclic N) is 1. The third-order valence-electron chi connectivity index (χ3n) is 2.96. The van der Waals surface area contributed by atoms with Gasteiger partial charge in [0.1, 0.15) is 0 Å². The average Bonchev–Trinajstić information content (AvgIpc) is 2.76. The topological polar surface area (TPSA) is 49.8 Å². The molecule has 0 unspecified atom stereocenters. The van der Waals surface area contributed by atoms with E-state index in [1.54, 1.807) is 25.1 Å². The van der Waals surface area contributed by atoms with Crippen LogP contribution in [-0.4, -0.2) is 36.9 Å². The molecular formula is C13H16ClNO3. The zero-order valence-corrected chi connectivity index (χ0v) is 11.0. The Labute approximate surface area is 111 Å². The van der Waals surface area contributed by atoms with Crippen molar-refractivity contribution in [3.05, 3.63) is 28.8 Å². The number of aliphatic hydroxyl groups excluding tert-OH is 1. The van der Waals surface area contributed by atoms with Gasteiger partial charge in [0, 0.05) is 13.1 Å². The van der Waals surface area contributed by atoms with Crippen molar-refractivity contribution in [3.63, 3.8) is 0 Å². The minimum Gasteiger partial charge on any atom is -0.462 e. The molecule has 1 aromatic rings. The molecule has 1 heterocycles. The minimum absolute atomic E-state index is 0.300. The van der Waals surface area contributed by atoms with Gasteiger partial charge in [0.25, 0.3) is 0 Å². The van der Waals surface area contributed by atoms with Crippen LogP contribution in [0.4, 0.5) is 5.69 Å². The summed E-state index contributed by atoms with van der Waals surface area (Å²) in [5.41, 5.74) is 1.30. The maximum absolute atomic E-state index is 11.5. The van der Waals surface area contributed by atoms with Gasteiger partial charge in [-0.25, -0.2) is 4.79 Å². The minimum atomic E-state index is -0.368. The van der Waals surface area contributed by atoms with Crippen LogP contribution in [0.3, 0.4) is 0 Å². The summed E-state index contributed by atoms with van der Waals surface area (Å²) < 4.78 is 4.91. The van der Waals surface area contributed by atoms with E-state index in [4.69, 9.17) is 16.3 Å². The predicted octanol–water partition coefficient (Wildman–Crippen LogP) is 2.09. The standard InChI is InChI=1S/C13H16ClNO3/c1-2-18-13(17)9-3-4-12(11(14)7-9)15-6-5-10(16)8-15/h3-4,7,10,16H,2,5-6,8H2,1H3/t10-/m1/s1. The summed E-state index contributed by atoms with van der Waals surface area (Å²) >= 11 is 6.17. The number of carbonyl (C=O) groups excluding carboxylic acids is 1. The van der Waals surface area contributed by atoms with E-state index in [1.807, 2.05) is 4.90 Å². The second-order valence-electron chi connectivity index (χ2n) is 4.28. The smallest absolute Gasteiger partial charge is 0.338 e. The highest BCUT2D eigenvalue weighted by atomic mass is 35.5. The summed E-state index contributed by atoms with van der Waals surface area (Å²) in [6.45, 7) is 3.47. The molecule has 4 nitrogen and oxygen atoms in total. The van der Waals surface area contributed by atoms with Gasteiger partial charge >= 0.3 is 5.97 Å². The maximum Gasteiger partial charge on any atom is 0.338 e. The number of nitrogens with zero attached hydrogens (tertiary/aromatic N) is 1. The van der Waals surface area contributed by atoms with Crippen LogP contribution in [0, 0.1) is 0 Å². The number of aliphatic hydroxyl groups is 1. The molecule has 0 spiro atoms. The van der Waals surface area contributed by atoms with Crippen molar-refractivity contribution in [2.75, 3.05) is 24.6 Å². The summed E-state index contributed by atoms with van der Waals surface area (Å²) in [6.07, 6.45) is 0.446. The lowest BCUT2D eigenvalue weighted by atomic mass is 10.2. The van der Waals surface area contributed by atoms with Crippen molar-refractivity contribution in [2.24, 2.45) is 0 Å². The second kappa shape index (κ2) is 5.59. The van der Waals surface area contributed by atoms with E-state index < -0.39 is 0 Å². The molecule has 98 valence electrons. The molecule has 1 aromatic carbocycles. The third-order valence-corrected chi connectivity index (χ3v) is 3.27. The molecule has 1 aliphatic heterocycles. The van der Waals surface area contributed by atoms with Gasteiger partial charge in [-0.2, -0.15) is 0 Å². The normalized spacial score (nSPS) is 19.1. The highest BCUT2D eigenvalue weighted by molar-refractivity contribution is 6.33. The highest BCUT2D eigenvalue weighted by Crippen LogP contribution is 2.29. The highest BCUT2D eigenvalue weighted by Gasteiger charge is 2.22. The first-order valence-electron chi connectivity index (χ1n) is 6.01. The summed E-state index contributed by atoms with van der Waals surface area (Å²) in [6, 6.07) is 5.11. The molecule has 0 radical (unpaired) electrons. The van der Waals surface area contributed by atoms with E-state index in [0.29, 0.717) is 23.7 Å². The fraction of sp³-hybridized carbons (Fsp3) is 0.462. The molecule has 1 atom stereocenters. The van der Waals surface area contributed by atoms with Crippen LogP contribution < -0.4 is 4.90 Å². The summed E-state index contributed by atoms with van der Waals surface area (Å²) in [4.78, 5) is 13.6. The van der Waals surface area contributed by atoms with Crippen molar-refractivity contribution in [1.82, 2.24) is 0 Å². The van der Waals surface area contributed by atoms with Gasteiger partial charge in [-0.15, -0.1) is 0 Å². The predicted molar refractivity (Wildman–Crippen MR) is 70.2 cm³/mol. The van der Waals surface area contributed by atoms with E-state index in [-0.39, 0.29) is 12.1 Å². The molecule has 0 bridgehead atoms. The van der Waals surface area contributed by atoms with Gasteiger partial charge < -0.3 is 14.7 Å². The first kappa shape index (κ1) is 13.2. The second-order valence-corrected chi connectivity index (χ2v) is 4.68. The van der Waals surface area contributed by atoms with Crippen LogP contribution in [0.25, 0.3) is 0 Å². The number of hydrogen-bond acceptors (Lipinski definition) is 4. The number of benzene rings is 1. The lowest BCUT2D eigenvalue weighted by Crippen LogP contribution is -2.21. The molecule has 1 aliphatic rings. The number of rotatable bonds is 3. The third kappa shape index (κ3) is 2.76. The Bertz CT molecular complexity index is 450. The Kier molecular flexibility index (Phi) is 4.09. The van der Waals surface area contributed by atoms with Crippen molar-refractivity contribution in [2.45, 2.75) is 19.4 Å². The number of hydrogen-bond donors (Lipinski definition) is 1. The Morgan fingerprint density at radius 3 is 2.94 bits per heavy atom. The Hall–Kier alpha value is -1.26. The summed E-state index contributed by atoms with van der Waals surface area (Å²) in [5, 5.41) is 10.0. The van der Waals surface area contributed by atoms with Crippen LogP contribution in [0.5, 0.6) is 0 Å². The first-order valence-corrected chi connectivity index (χ1v) is 6.39. The van der Waals surface area contributed by atoms with Crippen molar-refractivity contribution < 1.29 is 14.6 Å². The number of ether oxygens (including phenoxy) is 1. The lowest BCUT2D eigenvalue weighted by Gasteiger charge is -2.19. The van der Waals surface area contributed by atoms with Gasteiger partial charge in [-0.1, -0.05) is 11.6 Å². The molecule has 2 rings (SSSR count). The van der Waals surface area contributed by atoms with E-state index >= 15 is 0 Å². The van der Waals surface area contributed by atoms with E-state index in [9.17, 15) is 9.90 Å². The number of halogens is 1. The van der Waals surface area contributed by atoms with E-state index in [1.165, 1.54) is 0 Å². The fourth-order valence-corrected chi connectivity index (χ4v) is 2.37. The molecule has 5 heteroatoms. The van der Waals surface area contributed by atoms with Gasteiger partial charge in [0.05, 0.1) is 29.0 Å². The molecule has 18 heavy (non-hydrogen) atoms. The van der Waals surface area contributed by atoms with E-state index in [0.717, 1.165) is 18.7 Å². The van der Waals surface area contributed by atoms with Crippen molar-refractivity contribution in [1.29, 1.82) is 0 Å². The van der Waals surface area contributed by atoms with Gasteiger partial charge in [-0.3, -0.25) is 0 Å². The SMILES string of the molecule is CCOC(=O)c1ccc(N2CC[C@@H](O)C2)c(Cl)c1.